The van der Waals surface area contributed by atoms with E-state index in [9.17, 15) is 4.79 Å². The third-order valence-electron chi connectivity index (χ3n) is 7.54. The molecule has 5 rings (SSSR count). The fourth-order valence-electron chi connectivity index (χ4n) is 5.59. The van der Waals surface area contributed by atoms with E-state index in [1.54, 1.807) is 12.3 Å². The van der Waals surface area contributed by atoms with Gasteiger partial charge in [0.25, 0.3) is 0 Å². The van der Waals surface area contributed by atoms with Gasteiger partial charge < -0.3 is 14.1 Å². The van der Waals surface area contributed by atoms with Gasteiger partial charge in [-0.1, -0.05) is 49.6 Å². The minimum absolute atomic E-state index is 0.0869. The summed E-state index contributed by atoms with van der Waals surface area (Å²) in [5.41, 5.74) is 4.79. The van der Waals surface area contributed by atoms with Crippen molar-refractivity contribution in [3.8, 4) is 16.9 Å². The van der Waals surface area contributed by atoms with E-state index in [2.05, 4.69) is 23.1 Å². The molecule has 2 fully saturated rings. The Balaban J connectivity index is 1.37. The quantitative estimate of drug-likeness (QED) is 0.391. The van der Waals surface area contributed by atoms with Crippen molar-refractivity contribution >= 4 is 22.4 Å². The number of ether oxygens (including phenoxy) is 1. The number of piperazine rings is 1. The van der Waals surface area contributed by atoms with Crippen LogP contribution in [0.3, 0.4) is 0 Å². The molecule has 0 unspecified atom stereocenters. The van der Waals surface area contributed by atoms with Gasteiger partial charge in [-0.3, -0.25) is 9.69 Å². The molecule has 1 amide bonds. The number of nitrogens with zero attached hydrogens (tertiary/aromatic N) is 2. The van der Waals surface area contributed by atoms with Gasteiger partial charge in [0.2, 0.25) is 5.91 Å². The van der Waals surface area contributed by atoms with Crippen LogP contribution >= 0.6 is 0 Å². The number of furan rings is 1. The lowest BCUT2D eigenvalue weighted by Gasteiger charge is -2.40. The lowest BCUT2D eigenvalue weighted by Crippen LogP contribution is -2.52. The number of hydrogen-bond acceptors (Lipinski definition) is 4. The first-order valence-corrected chi connectivity index (χ1v) is 13.1. The average Bonchev–Trinajstić information content (AvgIpc) is 3.32. The number of amides is 1. The largest absolute Gasteiger partial charge is 0.493 e. The van der Waals surface area contributed by atoms with Crippen LogP contribution in [0.4, 0.5) is 0 Å². The molecule has 0 bridgehead atoms. The van der Waals surface area contributed by atoms with Crippen molar-refractivity contribution in [1.29, 1.82) is 0 Å². The van der Waals surface area contributed by atoms with Crippen molar-refractivity contribution in [3.05, 3.63) is 60.4 Å². The Bertz CT molecular complexity index is 1180. The number of carbonyl (C=O) groups excluding carboxylic acids is 1. The van der Waals surface area contributed by atoms with E-state index in [1.165, 1.54) is 32.1 Å². The molecule has 2 aliphatic rings. The number of allylic oxidation sites excluding steroid dienone is 1. The number of rotatable bonds is 6. The fraction of sp³-hybridized carbons (Fsp3) is 0.433. The summed E-state index contributed by atoms with van der Waals surface area (Å²) >= 11 is 0. The second-order valence-corrected chi connectivity index (χ2v) is 9.77. The molecular formula is C30H36N2O3. The Morgan fingerprint density at radius 1 is 1.06 bits per heavy atom. The van der Waals surface area contributed by atoms with Crippen molar-refractivity contribution < 1.29 is 13.9 Å². The van der Waals surface area contributed by atoms with E-state index in [0.29, 0.717) is 12.6 Å². The predicted molar refractivity (Wildman–Crippen MR) is 141 cm³/mol. The molecule has 1 saturated carbocycles. The van der Waals surface area contributed by atoms with E-state index >= 15 is 0 Å². The summed E-state index contributed by atoms with van der Waals surface area (Å²) in [7, 11) is 0. The molecule has 0 spiro atoms. The maximum atomic E-state index is 13.2. The summed E-state index contributed by atoms with van der Waals surface area (Å²) in [5.74, 6) is 0.835. The summed E-state index contributed by atoms with van der Waals surface area (Å²) in [6.07, 6.45) is 10.3. The highest BCUT2D eigenvalue weighted by Crippen LogP contribution is 2.37. The molecule has 2 aromatic carbocycles. The molecule has 5 heteroatoms. The maximum absolute atomic E-state index is 13.2. The van der Waals surface area contributed by atoms with Crippen LogP contribution in [0.2, 0.25) is 0 Å². The van der Waals surface area contributed by atoms with Crippen LogP contribution in [0.5, 0.6) is 5.75 Å². The van der Waals surface area contributed by atoms with Gasteiger partial charge in [-0.25, -0.2) is 0 Å². The SMILES string of the molecule is CCOc1cc2occ(-c3ccccc3)c2cc1/C(C)=C/C(=O)N1CCN(C2CCCCC2)CC1. The van der Waals surface area contributed by atoms with Gasteiger partial charge in [0.05, 0.1) is 12.9 Å². The van der Waals surface area contributed by atoms with Crippen molar-refractivity contribution in [2.75, 3.05) is 32.8 Å². The molecule has 1 aromatic heterocycles. The van der Waals surface area contributed by atoms with Gasteiger partial charge in [0, 0.05) is 60.9 Å². The Hall–Kier alpha value is -3.05. The van der Waals surface area contributed by atoms with Gasteiger partial charge in [0.1, 0.15) is 11.3 Å². The fourth-order valence-corrected chi connectivity index (χ4v) is 5.59. The van der Waals surface area contributed by atoms with Crippen molar-refractivity contribution in [1.82, 2.24) is 9.80 Å². The molecule has 3 aromatic rings. The van der Waals surface area contributed by atoms with Crippen LogP contribution in [0.15, 0.2) is 59.2 Å². The van der Waals surface area contributed by atoms with E-state index in [0.717, 1.165) is 65.2 Å². The molecule has 2 heterocycles. The van der Waals surface area contributed by atoms with Crippen LogP contribution in [-0.4, -0.2) is 54.5 Å². The highest BCUT2D eigenvalue weighted by atomic mass is 16.5. The molecule has 0 N–H and O–H groups in total. The summed E-state index contributed by atoms with van der Waals surface area (Å²) in [4.78, 5) is 17.8. The Morgan fingerprint density at radius 3 is 2.51 bits per heavy atom. The maximum Gasteiger partial charge on any atom is 0.246 e. The highest BCUT2D eigenvalue weighted by Gasteiger charge is 2.26. The Morgan fingerprint density at radius 2 is 1.80 bits per heavy atom. The zero-order valence-corrected chi connectivity index (χ0v) is 21.0. The second kappa shape index (κ2) is 10.7. The summed E-state index contributed by atoms with van der Waals surface area (Å²) in [5, 5.41) is 1.02. The van der Waals surface area contributed by atoms with Gasteiger partial charge in [-0.05, 0) is 43.9 Å². The molecule has 35 heavy (non-hydrogen) atoms. The lowest BCUT2D eigenvalue weighted by molar-refractivity contribution is -0.128. The van der Waals surface area contributed by atoms with Crippen molar-refractivity contribution in [3.63, 3.8) is 0 Å². The Kier molecular flexibility index (Phi) is 7.24. The van der Waals surface area contributed by atoms with Crippen molar-refractivity contribution in [2.45, 2.75) is 52.0 Å². The molecular weight excluding hydrogens is 436 g/mol. The first-order valence-electron chi connectivity index (χ1n) is 13.1. The molecule has 0 atom stereocenters. The molecule has 1 aliphatic heterocycles. The second-order valence-electron chi connectivity index (χ2n) is 9.77. The third kappa shape index (κ3) is 5.15. The third-order valence-corrected chi connectivity index (χ3v) is 7.54. The molecule has 5 nitrogen and oxygen atoms in total. The van der Waals surface area contributed by atoms with Crippen LogP contribution in [-0.2, 0) is 4.79 Å². The Labute approximate surface area is 208 Å². The molecule has 184 valence electrons. The zero-order valence-electron chi connectivity index (χ0n) is 21.0. The summed E-state index contributed by atoms with van der Waals surface area (Å²) < 4.78 is 11.8. The van der Waals surface area contributed by atoms with E-state index in [4.69, 9.17) is 9.15 Å². The van der Waals surface area contributed by atoms with Gasteiger partial charge in [-0.2, -0.15) is 0 Å². The van der Waals surface area contributed by atoms with Crippen LogP contribution in [0.1, 0.15) is 51.5 Å². The monoisotopic (exact) mass is 472 g/mol. The van der Waals surface area contributed by atoms with Crippen LogP contribution in [0.25, 0.3) is 27.7 Å². The predicted octanol–water partition coefficient (Wildman–Crippen LogP) is 6.38. The molecule has 1 aliphatic carbocycles. The topological polar surface area (TPSA) is 45.9 Å². The normalized spacial score (nSPS) is 18.2. The van der Waals surface area contributed by atoms with Crippen molar-refractivity contribution in [2.24, 2.45) is 0 Å². The van der Waals surface area contributed by atoms with E-state index in [-0.39, 0.29) is 5.91 Å². The minimum atomic E-state index is 0.0869. The van der Waals surface area contributed by atoms with E-state index in [1.807, 2.05) is 43.0 Å². The van der Waals surface area contributed by atoms with Gasteiger partial charge in [-0.15, -0.1) is 0 Å². The van der Waals surface area contributed by atoms with Gasteiger partial charge >= 0.3 is 0 Å². The molecule has 1 saturated heterocycles. The number of carbonyl (C=O) groups is 1. The first-order chi connectivity index (χ1) is 17.1. The van der Waals surface area contributed by atoms with E-state index < -0.39 is 0 Å². The highest BCUT2D eigenvalue weighted by molar-refractivity contribution is 6.00. The smallest absolute Gasteiger partial charge is 0.246 e. The summed E-state index contributed by atoms with van der Waals surface area (Å²) in [6.45, 7) is 8.09. The average molecular weight is 473 g/mol. The van der Waals surface area contributed by atoms with Gasteiger partial charge in [0.15, 0.2) is 0 Å². The summed E-state index contributed by atoms with van der Waals surface area (Å²) in [6, 6.07) is 15.0. The number of benzene rings is 2. The number of fused-ring (bicyclic) bond motifs is 1. The van der Waals surface area contributed by atoms with Crippen LogP contribution in [0, 0.1) is 0 Å². The number of hydrogen-bond donors (Lipinski definition) is 0. The zero-order chi connectivity index (χ0) is 24.2. The minimum Gasteiger partial charge on any atom is -0.493 e. The van der Waals surface area contributed by atoms with Crippen LogP contribution < -0.4 is 4.74 Å². The first kappa shape index (κ1) is 23.7. The lowest BCUT2D eigenvalue weighted by atomic mass is 9.94. The standard InChI is InChI=1S/C30H36N2O3/c1-3-34-28-20-29-26(27(21-35-29)23-10-6-4-7-11-23)19-25(28)22(2)18-30(33)32-16-14-31(15-17-32)24-12-8-5-9-13-24/h4,6-7,10-11,18-21,24H,3,5,8-9,12-17H2,1-2H3/b22-18+. The molecule has 0 radical (unpaired) electrons.